The van der Waals surface area contributed by atoms with Crippen LogP contribution >= 0.6 is 23.2 Å². The first kappa shape index (κ1) is 20.3. The van der Waals surface area contributed by atoms with E-state index in [2.05, 4.69) is 4.72 Å². The number of rotatable bonds is 6. The van der Waals surface area contributed by atoms with Crippen molar-refractivity contribution in [3.05, 3.63) is 58.1 Å². The molecule has 27 heavy (non-hydrogen) atoms. The molecule has 7 heteroatoms. The Morgan fingerprint density at radius 1 is 1.00 bits per heavy atom. The molecule has 0 heterocycles. The molecule has 1 aliphatic rings. The van der Waals surface area contributed by atoms with Crippen LogP contribution in [-0.2, 0) is 10.0 Å². The van der Waals surface area contributed by atoms with E-state index in [-0.39, 0.29) is 22.2 Å². The molecule has 4 nitrogen and oxygen atoms in total. The van der Waals surface area contributed by atoms with Crippen LogP contribution in [0.2, 0.25) is 10.0 Å². The first-order chi connectivity index (χ1) is 12.9. The van der Waals surface area contributed by atoms with Gasteiger partial charge in [0.05, 0.1) is 27.4 Å². The lowest BCUT2D eigenvalue weighted by molar-refractivity contribution is 0.0997. The summed E-state index contributed by atoms with van der Waals surface area (Å²) in [5, 5.41) is 0.0118. The smallest absolute Gasteiger partial charge is 0.214 e. The molecule has 0 bridgehead atoms. The van der Waals surface area contributed by atoms with Crippen molar-refractivity contribution in [2.24, 2.45) is 0 Å². The van der Waals surface area contributed by atoms with E-state index in [4.69, 9.17) is 23.2 Å². The number of benzene rings is 2. The van der Waals surface area contributed by atoms with Crippen LogP contribution in [0.5, 0.6) is 0 Å². The second-order valence-electron chi connectivity index (χ2n) is 6.70. The van der Waals surface area contributed by atoms with Crippen molar-refractivity contribution >= 4 is 39.0 Å². The summed E-state index contributed by atoms with van der Waals surface area (Å²) in [6.07, 6.45) is 4.12. The minimum absolute atomic E-state index is 0.144. The van der Waals surface area contributed by atoms with E-state index in [1.165, 1.54) is 0 Å². The van der Waals surface area contributed by atoms with Gasteiger partial charge in [-0.3, -0.25) is 4.79 Å². The Kier molecular flexibility index (Phi) is 6.58. The monoisotopic (exact) mass is 425 g/mol. The van der Waals surface area contributed by atoms with Crippen molar-refractivity contribution < 1.29 is 13.2 Å². The summed E-state index contributed by atoms with van der Waals surface area (Å²) in [5.74, 6) is -0.442. The van der Waals surface area contributed by atoms with Crippen LogP contribution in [0.3, 0.4) is 0 Å². The van der Waals surface area contributed by atoms with Gasteiger partial charge in [-0.15, -0.1) is 0 Å². The van der Waals surface area contributed by atoms with Gasteiger partial charge < -0.3 is 0 Å². The first-order valence-electron chi connectivity index (χ1n) is 8.95. The predicted molar refractivity (Wildman–Crippen MR) is 110 cm³/mol. The van der Waals surface area contributed by atoms with Crippen molar-refractivity contribution in [1.82, 2.24) is 4.72 Å². The summed E-state index contributed by atoms with van der Waals surface area (Å²) in [4.78, 5) is 12.7. The number of nitrogens with one attached hydrogen (secondary N) is 1. The summed E-state index contributed by atoms with van der Waals surface area (Å²) in [6.45, 7) is -0.351. The van der Waals surface area contributed by atoms with Crippen molar-refractivity contribution in [3.8, 4) is 11.1 Å². The Morgan fingerprint density at radius 3 is 2.33 bits per heavy atom. The van der Waals surface area contributed by atoms with Crippen LogP contribution < -0.4 is 4.72 Å². The third-order valence-corrected chi connectivity index (χ3v) is 7.48. The van der Waals surface area contributed by atoms with Crippen molar-refractivity contribution in [3.63, 3.8) is 0 Å². The number of carbonyl (C=O) groups is 1. The molecule has 0 aromatic heterocycles. The normalized spacial score (nSPS) is 15.6. The molecule has 0 atom stereocenters. The van der Waals surface area contributed by atoms with E-state index in [1.807, 2.05) is 30.3 Å². The van der Waals surface area contributed by atoms with E-state index in [0.717, 1.165) is 24.8 Å². The highest BCUT2D eigenvalue weighted by Gasteiger charge is 2.28. The summed E-state index contributed by atoms with van der Waals surface area (Å²) in [5.41, 5.74) is 1.68. The Balaban J connectivity index is 1.80. The van der Waals surface area contributed by atoms with E-state index in [1.54, 1.807) is 12.1 Å². The van der Waals surface area contributed by atoms with Gasteiger partial charge in [0.2, 0.25) is 10.0 Å². The molecular formula is C20H21Cl2NO3S. The summed E-state index contributed by atoms with van der Waals surface area (Å²) in [7, 11) is -3.53. The zero-order valence-electron chi connectivity index (χ0n) is 14.8. The van der Waals surface area contributed by atoms with Crippen molar-refractivity contribution in [2.45, 2.75) is 37.4 Å². The average Bonchev–Trinajstić information content (AvgIpc) is 2.68. The third-order valence-electron chi connectivity index (χ3n) is 4.88. The summed E-state index contributed by atoms with van der Waals surface area (Å²) in [6, 6.07) is 12.8. The van der Waals surface area contributed by atoms with Gasteiger partial charge in [-0.05, 0) is 24.5 Å². The highest BCUT2D eigenvalue weighted by molar-refractivity contribution is 7.90. The van der Waals surface area contributed by atoms with Gasteiger partial charge in [-0.1, -0.05) is 78.9 Å². The number of sulfonamides is 1. The molecule has 0 spiro atoms. The highest BCUT2D eigenvalue weighted by atomic mass is 35.5. The zero-order chi connectivity index (χ0) is 19.4. The lowest BCUT2D eigenvalue weighted by Crippen LogP contribution is -2.38. The molecule has 1 fully saturated rings. The minimum atomic E-state index is -3.53. The van der Waals surface area contributed by atoms with Gasteiger partial charge in [0.1, 0.15) is 0 Å². The van der Waals surface area contributed by atoms with Crippen LogP contribution in [0.15, 0.2) is 42.5 Å². The van der Waals surface area contributed by atoms with Crippen molar-refractivity contribution in [1.29, 1.82) is 0 Å². The number of carbonyl (C=O) groups excluding carboxylic acids is 1. The largest absolute Gasteiger partial charge is 0.293 e. The topological polar surface area (TPSA) is 63.2 Å². The van der Waals surface area contributed by atoms with Crippen LogP contribution in [0.1, 0.15) is 42.5 Å². The Morgan fingerprint density at radius 2 is 1.67 bits per heavy atom. The van der Waals surface area contributed by atoms with Crippen LogP contribution in [0, 0.1) is 0 Å². The van der Waals surface area contributed by atoms with Crippen LogP contribution in [0.4, 0.5) is 0 Å². The number of Topliss-reactive ketones (excluding diaryl/α,β-unsaturated/α-hetero) is 1. The van der Waals surface area contributed by atoms with Gasteiger partial charge in [-0.25, -0.2) is 13.1 Å². The molecule has 3 rings (SSSR count). The number of hydrogen-bond donors (Lipinski definition) is 1. The number of ketones is 1. The molecular weight excluding hydrogens is 405 g/mol. The Bertz CT molecular complexity index is 924. The standard InChI is InChI=1S/C20H21Cl2NO3S/c21-17-12-11-16(14-7-3-1-4-8-14)20(22)19(17)18(24)13-23-27(25,26)15-9-5-2-6-10-15/h1,3-4,7-8,11-12,15,23H,2,5-6,9-10,13H2. The maximum absolute atomic E-state index is 12.7. The fourth-order valence-corrected chi connectivity index (χ4v) is 5.61. The van der Waals surface area contributed by atoms with Crippen LogP contribution in [0.25, 0.3) is 11.1 Å². The quantitative estimate of drug-likeness (QED) is 0.654. The fraction of sp³-hybridized carbons (Fsp3) is 0.350. The molecule has 1 N–H and O–H groups in total. The third kappa shape index (κ3) is 4.72. The van der Waals surface area contributed by atoms with Crippen molar-refractivity contribution in [2.75, 3.05) is 6.54 Å². The average molecular weight is 426 g/mol. The maximum atomic E-state index is 12.7. The zero-order valence-corrected chi connectivity index (χ0v) is 17.1. The Hall–Kier alpha value is -1.40. The molecule has 144 valence electrons. The molecule has 0 aliphatic heterocycles. The molecule has 0 unspecified atom stereocenters. The first-order valence-corrected chi connectivity index (χ1v) is 11.3. The number of halogens is 2. The SMILES string of the molecule is O=C(CNS(=O)(=O)C1CCCCC1)c1c(Cl)ccc(-c2ccccc2)c1Cl. The van der Waals surface area contributed by atoms with Gasteiger partial charge in [0.15, 0.2) is 5.78 Å². The second-order valence-corrected chi connectivity index (χ2v) is 9.53. The van der Waals surface area contributed by atoms with E-state index >= 15 is 0 Å². The molecule has 0 saturated heterocycles. The second kappa shape index (κ2) is 8.74. The van der Waals surface area contributed by atoms with Gasteiger partial charge in [0.25, 0.3) is 0 Å². The molecule has 2 aromatic carbocycles. The summed E-state index contributed by atoms with van der Waals surface area (Å²) < 4.78 is 27.3. The van der Waals surface area contributed by atoms with Gasteiger partial charge in [-0.2, -0.15) is 0 Å². The molecule has 0 radical (unpaired) electrons. The molecule has 1 aliphatic carbocycles. The minimum Gasteiger partial charge on any atom is -0.293 e. The fourth-order valence-electron chi connectivity index (χ4n) is 3.40. The lowest BCUT2D eigenvalue weighted by Gasteiger charge is -2.22. The predicted octanol–water partition coefficient (Wildman–Crippen LogP) is 5.10. The molecule has 1 saturated carbocycles. The van der Waals surface area contributed by atoms with E-state index in [0.29, 0.717) is 18.4 Å². The highest BCUT2D eigenvalue weighted by Crippen LogP contribution is 2.35. The Labute approximate surface area is 169 Å². The van der Waals surface area contributed by atoms with E-state index in [9.17, 15) is 13.2 Å². The maximum Gasteiger partial charge on any atom is 0.214 e. The van der Waals surface area contributed by atoms with Gasteiger partial charge in [0, 0.05) is 5.56 Å². The number of hydrogen-bond acceptors (Lipinski definition) is 3. The van der Waals surface area contributed by atoms with Gasteiger partial charge >= 0.3 is 0 Å². The van der Waals surface area contributed by atoms with E-state index < -0.39 is 21.1 Å². The van der Waals surface area contributed by atoms with Crippen LogP contribution in [-0.4, -0.2) is 26.0 Å². The summed E-state index contributed by atoms with van der Waals surface area (Å²) >= 11 is 12.7. The molecule has 2 aromatic rings. The molecule has 0 amide bonds. The lowest BCUT2D eigenvalue weighted by atomic mass is 10.0.